The maximum atomic E-state index is 13.2. The van der Waals surface area contributed by atoms with Crippen LogP contribution in [0.3, 0.4) is 0 Å². The van der Waals surface area contributed by atoms with E-state index in [1.54, 1.807) is 17.0 Å². The average molecular weight is 451 g/mol. The van der Waals surface area contributed by atoms with Crippen molar-refractivity contribution >= 4 is 6.03 Å². The molecule has 5 rings (SSSR count). The molecule has 1 spiro atoms. The van der Waals surface area contributed by atoms with Crippen LogP contribution < -0.4 is 5.56 Å². The first-order chi connectivity index (χ1) is 15.9. The molecule has 1 aliphatic heterocycles. The minimum absolute atomic E-state index is 0.0825. The molecular formula is C26H34N4O3. The van der Waals surface area contributed by atoms with E-state index in [4.69, 9.17) is 0 Å². The van der Waals surface area contributed by atoms with E-state index in [0.29, 0.717) is 31.2 Å². The van der Waals surface area contributed by atoms with Gasteiger partial charge in [0.15, 0.2) is 0 Å². The van der Waals surface area contributed by atoms with E-state index >= 15 is 0 Å². The summed E-state index contributed by atoms with van der Waals surface area (Å²) in [4.78, 5) is 34.5. The Bertz CT molecular complexity index is 1060. The van der Waals surface area contributed by atoms with Gasteiger partial charge in [-0.2, -0.15) is 0 Å². The number of aromatic nitrogens is 2. The number of amides is 2. The van der Waals surface area contributed by atoms with Crippen LogP contribution in [-0.2, 0) is 6.54 Å². The maximum Gasteiger partial charge on any atom is 0.320 e. The number of hydrogen-bond acceptors (Lipinski definition) is 4. The summed E-state index contributed by atoms with van der Waals surface area (Å²) in [6, 6.07) is 11.6. The van der Waals surface area contributed by atoms with Gasteiger partial charge in [-0.25, -0.2) is 9.78 Å². The van der Waals surface area contributed by atoms with Crippen molar-refractivity contribution in [3.63, 3.8) is 0 Å². The summed E-state index contributed by atoms with van der Waals surface area (Å²) in [6.07, 6.45) is 9.25. The molecule has 2 saturated carbocycles. The summed E-state index contributed by atoms with van der Waals surface area (Å²) >= 11 is 0. The van der Waals surface area contributed by atoms with Gasteiger partial charge in [-0.05, 0) is 38.5 Å². The topological polar surface area (TPSA) is 78.7 Å². The Morgan fingerprint density at radius 1 is 1.15 bits per heavy atom. The zero-order valence-electron chi connectivity index (χ0n) is 19.4. The predicted octanol–water partition coefficient (Wildman–Crippen LogP) is 3.51. The van der Waals surface area contributed by atoms with Gasteiger partial charge in [-0.15, -0.1) is 0 Å². The van der Waals surface area contributed by atoms with Crippen molar-refractivity contribution in [2.24, 2.45) is 5.41 Å². The molecule has 176 valence electrons. The molecule has 3 fully saturated rings. The van der Waals surface area contributed by atoms with Gasteiger partial charge in [0.1, 0.15) is 0 Å². The van der Waals surface area contributed by atoms with Crippen LogP contribution in [0.1, 0.15) is 51.4 Å². The van der Waals surface area contributed by atoms with Gasteiger partial charge >= 0.3 is 6.03 Å². The summed E-state index contributed by atoms with van der Waals surface area (Å²) in [5.41, 5.74) is -0.0313. The SMILES string of the molecule is CN(C(=O)N1CCC(O)(Cn2cnc(-c3ccccc3)cc2=O)C2(CCCC2)C1)C1CCC1. The lowest BCUT2D eigenvalue weighted by atomic mass is 9.66. The highest BCUT2D eigenvalue weighted by molar-refractivity contribution is 5.75. The van der Waals surface area contributed by atoms with Crippen molar-refractivity contribution in [2.45, 2.75) is 69.6 Å². The van der Waals surface area contributed by atoms with Crippen LogP contribution in [0.5, 0.6) is 0 Å². The van der Waals surface area contributed by atoms with E-state index in [1.807, 2.05) is 47.2 Å². The molecule has 2 aromatic rings. The molecule has 2 aliphatic carbocycles. The number of benzene rings is 1. The third-order valence-corrected chi connectivity index (χ3v) is 8.41. The van der Waals surface area contributed by atoms with Crippen molar-refractivity contribution in [3.8, 4) is 11.3 Å². The van der Waals surface area contributed by atoms with Crippen LogP contribution in [0.2, 0.25) is 0 Å². The third kappa shape index (κ3) is 3.97. The first kappa shape index (κ1) is 22.1. The molecule has 3 aliphatic rings. The second-order valence-corrected chi connectivity index (χ2v) is 10.3. The lowest BCUT2D eigenvalue weighted by molar-refractivity contribution is -0.136. The van der Waals surface area contributed by atoms with Crippen LogP contribution in [0.25, 0.3) is 11.3 Å². The van der Waals surface area contributed by atoms with Gasteiger partial charge in [0, 0.05) is 43.2 Å². The zero-order chi connectivity index (χ0) is 23.1. The number of rotatable bonds is 4. The van der Waals surface area contributed by atoms with Gasteiger partial charge in [0.25, 0.3) is 5.56 Å². The van der Waals surface area contributed by atoms with Crippen LogP contribution in [0, 0.1) is 5.41 Å². The molecule has 7 heteroatoms. The monoisotopic (exact) mass is 450 g/mol. The number of hydrogen-bond donors (Lipinski definition) is 1. The van der Waals surface area contributed by atoms with Crippen LogP contribution >= 0.6 is 0 Å². The lowest BCUT2D eigenvalue weighted by Gasteiger charge is -2.53. The highest BCUT2D eigenvalue weighted by Gasteiger charge is 2.56. The van der Waals surface area contributed by atoms with Crippen LogP contribution in [0.15, 0.2) is 47.5 Å². The number of carbonyl (C=O) groups excluding carboxylic acids is 1. The molecule has 1 aromatic heterocycles. The van der Waals surface area contributed by atoms with E-state index in [1.165, 1.54) is 6.42 Å². The number of nitrogens with zero attached hydrogens (tertiary/aromatic N) is 4. The molecule has 1 N–H and O–H groups in total. The van der Waals surface area contributed by atoms with Gasteiger partial charge < -0.3 is 14.9 Å². The molecule has 33 heavy (non-hydrogen) atoms. The molecule has 7 nitrogen and oxygen atoms in total. The molecule has 1 unspecified atom stereocenters. The van der Waals surface area contributed by atoms with E-state index in [9.17, 15) is 14.7 Å². The molecule has 1 atom stereocenters. The first-order valence-electron chi connectivity index (χ1n) is 12.3. The van der Waals surface area contributed by atoms with Crippen LogP contribution in [-0.4, -0.2) is 62.3 Å². The van der Waals surface area contributed by atoms with Crippen molar-refractivity contribution in [1.29, 1.82) is 0 Å². The molecule has 2 amide bonds. The summed E-state index contributed by atoms with van der Waals surface area (Å²) in [5.74, 6) is 0. The van der Waals surface area contributed by atoms with E-state index in [0.717, 1.165) is 44.1 Å². The van der Waals surface area contributed by atoms with E-state index in [2.05, 4.69) is 4.98 Å². The molecule has 0 radical (unpaired) electrons. The summed E-state index contributed by atoms with van der Waals surface area (Å²) < 4.78 is 1.55. The molecule has 1 saturated heterocycles. The van der Waals surface area contributed by atoms with Gasteiger partial charge in [0.2, 0.25) is 0 Å². The number of carbonyl (C=O) groups is 1. The Kier molecular flexibility index (Phi) is 5.77. The minimum Gasteiger partial charge on any atom is -0.387 e. The quantitative estimate of drug-likeness (QED) is 0.773. The Balaban J connectivity index is 1.36. The van der Waals surface area contributed by atoms with E-state index in [-0.39, 0.29) is 23.6 Å². The Labute approximate surface area is 195 Å². The maximum absolute atomic E-state index is 13.2. The van der Waals surface area contributed by atoms with Gasteiger partial charge in [-0.3, -0.25) is 9.36 Å². The summed E-state index contributed by atoms with van der Waals surface area (Å²) in [6.45, 7) is 1.29. The summed E-state index contributed by atoms with van der Waals surface area (Å²) in [7, 11) is 1.91. The van der Waals surface area contributed by atoms with Gasteiger partial charge in [0.05, 0.1) is 24.2 Å². The fraction of sp³-hybridized carbons (Fsp3) is 0.577. The van der Waals surface area contributed by atoms with Crippen molar-refractivity contribution in [2.75, 3.05) is 20.1 Å². The van der Waals surface area contributed by atoms with Crippen molar-refractivity contribution < 1.29 is 9.90 Å². The standard InChI is InChI=1S/C26H34N4O3/c1-28(21-10-7-11-21)24(32)29-15-14-26(33,25(17-29)12-5-6-13-25)18-30-19-27-22(16-23(30)31)20-8-3-2-4-9-20/h2-4,8-9,16,19,21,33H,5-7,10-15,17-18H2,1H3. The number of aliphatic hydroxyl groups is 1. The first-order valence-corrected chi connectivity index (χ1v) is 12.3. The molecular weight excluding hydrogens is 416 g/mol. The number of urea groups is 1. The normalized spacial score (nSPS) is 24.6. The fourth-order valence-electron chi connectivity index (χ4n) is 6.01. The Morgan fingerprint density at radius 2 is 1.88 bits per heavy atom. The second-order valence-electron chi connectivity index (χ2n) is 10.3. The van der Waals surface area contributed by atoms with E-state index < -0.39 is 5.60 Å². The average Bonchev–Trinajstić information content (AvgIpc) is 3.26. The van der Waals surface area contributed by atoms with Gasteiger partial charge in [-0.1, -0.05) is 43.2 Å². The van der Waals surface area contributed by atoms with Crippen molar-refractivity contribution in [3.05, 3.63) is 53.1 Å². The number of likely N-dealkylation sites (tertiary alicyclic amines) is 1. The van der Waals surface area contributed by atoms with Crippen molar-refractivity contribution in [1.82, 2.24) is 19.4 Å². The molecule has 1 aromatic carbocycles. The van der Waals surface area contributed by atoms with Crippen LogP contribution in [0.4, 0.5) is 4.79 Å². The summed E-state index contributed by atoms with van der Waals surface area (Å²) in [5, 5.41) is 12.0. The minimum atomic E-state index is -1.03. The molecule has 0 bridgehead atoms. The molecule has 2 heterocycles. The third-order valence-electron chi connectivity index (χ3n) is 8.41. The Morgan fingerprint density at radius 3 is 2.52 bits per heavy atom. The Hall–Kier alpha value is -2.67. The highest BCUT2D eigenvalue weighted by Crippen LogP contribution is 2.51. The smallest absolute Gasteiger partial charge is 0.320 e. The zero-order valence-corrected chi connectivity index (χ0v) is 19.4. The largest absolute Gasteiger partial charge is 0.387 e. The number of piperidine rings is 1. The fourth-order valence-corrected chi connectivity index (χ4v) is 6.01. The lowest BCUT2D eigenvalue weighted by Crippen LogP contribution is -2.63. The predicted molar refractivity (Wildman–Crippen MR) is 127 cm³/mol. The highest BCUT2D eigenvalue weighted by atomic mass is 16.3. The second kappa shape index (κ2) is 8.60.